The number of piperidine rings is 1. The van der Waals surface area contributed by atoms with Gasteiger partial charge in [-0.15, -0.1) is 0 Å². The number of hydrogen-bond donors (Lipinski definition) is 3. The van der Waals surface area contributed by atoms with Gasteiger partial charge in [-0.2, -0.15) is 0 Å². The molecule has 1 fully saturated rings. The van der Waals surface area contributed by atoms with Crippen molar-refractivity contribution in [2.75, 3.05) is 37.7 Å². The molecule has 0 radical (unpaired) electrons. The normalized spacial score (nSPS) is 18.9. The summed E-state index contributed by atoms with van der Waals surface area (Å²) in [7, 11) is 0. The number of carbonyl (C=O) groups is 3. The van der Waals surface area contributed by atoms with Gasteiger partial charge in [0.15, 0.2) is 0 Å². The van der Waals surface area contributed by atoms with Gasteiger partial charge in [0.25, 0.3) is 0 Å². The van der Waals surface area contributed by atoms with E-state index in [9.17, 15) is 24.6 Å². The van der Waals surface area contributed by atoms with E-state index in [1.165, 1.54) is 18.4 Å². The molecule has 40 heavy (non-hydrogen) atoms. The summed E-state index contributed by atoms with van der Waals surface area (Å²) in [5.41, 5.74) is 1.79. The Morgan fingerprint density at radius 3 is 2.38 bits per heavy atom. The Labute approximate surface area is 236 Å². The van der Waals surface area contributed by atoms with E-state index in [0.717, 1.165) is 62.6 Å². The second-order valence-electron chi connectivity index (χ2n) is 10.9. The van der Waals surface area contributed by atoms with Crippen LogP contribution in [0.15, 0.2) is 54.6 Å². The summed E-state index contributed by atoms with van der Waals surface area (Å²) in [5, 5.41) is 22.1. The zero-order chi connectivity index (χ0) is 28.3. The molecule has 1 saturated heterocycles. The minimum Gasteiger partial charge on any atom is -0.489 e. The maximum atomic E-state index is 13.2. The molecule has 3 N–H and O–H groups in total. The van der Waals surface area contributed by atoms with Crippen molar-refractivity contribution in [3.63, 3.8) is 0 Å². The molecule has 1 amide bonds. The number of anilines is 1. The molecular weight excluding hydrogens is 510 g/mol. The first-order valence-electron chi connectivity index (χ1n) is 14.4. The second-order valence-corrected chi connectivity index (χ2v) is 10.9. The number of fused-ring (bicyclic) bond motifs is 1. The highest BCUT2D eigenvalue weighted by Gasteiger charge is 2.35. The largest absolute Gasteiger partial charge is 0.489 e. The van der Waals surface area contributed by atoms with Crippen LogP contribution in [0.5, 0.6) is 5.75 Å². The van der Waals surface area contributed by atoms with Crippen LogP contribution in [-0.2, 0) is 20.8 Å². The molecule has 2 atom stereocenters. The van der Waals surface area contributed by atoms with E-state index in [-0.39, 0.29) is 6.61 Å². The number of carboxylic acid groups (broad SMARTS) is 2. The maximum absolute atomic E-state index is 13.2. The van der Waals surface area contributed by atoms with Gasteiger partial charge >= 0.3 is 11.9 Å². The highest BCUT2D eigenvalue weighted by molar-refractivity contribution is 6.02. The Hall–Kier alpha value is -3.43. The Kier molecular flexibility index (Phi) is 10.9. The van der Waals surface area contributed by atoms with Crippen molar-refractivity contribution in [2.24, 2.45) is 5.92 Å². The molecule has 2 heterocycles. The lowest BCUT2D eigenvalue weighted by Gasteiger charge is -2.32. The van der Waals surface area contributed by atoms with Crippen LogP contribution in [0.2, 0.25) is 0 Å². The van der Waals surface area contributed by atoms with Gasteiger partial charge in [0.2, 0.25) is 5.91 Å². The number of nitrogens with zero attached hydrogens (tertiary/aromatic N) is 2. The zero-order valence-electron chi connectivity index (χ0n) is 23.0. The van der Waals surface area contributed by atoms with Gasteiger partial charge in [-0.1, -0.05) is 61.7 Å². The Morgan fingerprint density at radius 2 is 1.65 bits per heavy atom. The summed E-state index contributed by atoms with van der Waals surface area (Å²) in [6.45, 7) is 2.76. The molecular formula is C31H41N3O6. The van der Waals surface area contributed by atoms with Crippen LogP contribution < -0.4 is 15.0 Å². The Bertz CT molecular complexity index is 1120. The lowest BCUT2D eigenvalue weighted by Crippen LogP contribution is -2.54. The van der Waals surface area contributed by atoms with Crippen molar-refractivity contribution in [2.45, 2.75) is 63.5 Å². The standard InChI is InChI=1S/C31H41N3O6/c35-29(36)21-34-27-13-7-8-14-28(27)40-22-26(30(34)37)32-25(31(38)39)12-6-1-2-9-17-33-18-15-24(16-19-33)20-23-10-4-3-5-11-23/h3-5,7-8,10-11,13-14,24-26,32H,1-2,6,9,12,15-22H2,(H,35,36)(H,38,39)/t25-,26?/m0/s1. The average Bonchev–Trinajstić information content (AvgIpc) is 3.07. The van der Waals surface area contributed by atoms with Gasteiger partial charge < -0.3 is 19.8 Å². The molecule has 9 nitrogen and oxygen atoms in total. The van der Waals surface area contributed by atoms with Crippen molar-refractivity contribution in [1.29, 1.82) is 0 Å². The van der Waals surface area contributed by atoms with Gasteiger partial charge in [-0.25, -0.2) is 0 Å². The fourth-order valence-corrected chi connectivity index (χ4v) is 5.69. The Morgan fingerprint density at radius 1 is 0.950 bits per heavy atom. The van der Waals surface area contributed by atoms with E-state index in [1.54, 1.807) is 24.3 Å². The summed E-state index contributed by atoms with van der Waals surface area (Å²) in [5.74, 6) is -1.54. The predicted molar refractivity (Wildman–Crippen MR) is 153 cm³/mol. The molecule has 4 rings (SSSR count). The quantitative estimate of drug-likeness (QED) is 0.303. The SMILES string of the molecule is O=C(O)CN1C(=O)C(N[C@@H](CCCCCCN2CCC(Cc3ccccc3)CC2)C(=O)O)COc2ccccc21. The van der Waals surface area contributed by atoms with Gasteiger partial charge in [0, 0.05) is 0 Å². The van der Waals surface area contributed by atoms with Crippen LogP contribution >= 0.6 is 0 Å². The molecule has 2 aliphatic rings. The number of amides is 1. The van der Waals surface area contributed by atoms with Crippen molar-refractivity contribution in [3.05, 3.63) is 60.2 Å². The number of benzene rings is 2. The van der Waals surface area contributed by atoms with E-state index in [2.05, 4.69) is 40.5 Å². The molecule has 2 aromatic carbocycles. The molecule has 2 aromatic rings. The van der Waals surface area contributed by atoms with E-state index in [1.807, 2.05) is 0 Å². The molecule has 0 bridgehead atoms. The van der Waals surface area contributed by atoms with Crippen LogP contribution in [0.25, 0.3) is 0 Å². The average molecular weight is 552 g/mol. The van der Waals surface area contributed by atoms with E-state index < -0.39 is 36.5 Å². The third kappa shape index (κ3) is 8.53. The molecule has 2 aliphatic heterocycles. The highest BCUT2D eigenvalue weighted by Crippen LogP contribution is 2.31. The van der Waals surface area contributed by atoms with Gasteiger partial charge in [0.05, 0.1) is 5.69 Å². The first-order valence-corrected chi connectivity index (χ1v) is 14.4. The van der Waals surface area contributed by atoms with Crippen LogP contribution in [0.4, 0.5) is 5.69 Å². The molecule has 0 spiro atoms. The summed E-state index contributed by atoms with van der Waals surface area (Å²) in [6, 6.07) is 15.6. The fourth-order valence-electron chi connectivity index (χ4n) is 5.69. The van der Waals surface area contributed by atoms with Crippen molar-refractivity contribution in [1.82, 2.24) is 10.2 Å². The summed E-state index contributed by atoms with van der Waals surface area (Å²) >= 11 is 0. The van der Waals surface area contributed by atoms with Gasteiger partial charge in [-0.3, -0.25) is 24.6 Å². The van der Waals surface area contributed by atoms with Gasteiger partial charge in [0.1, 0.15) is 31.0 Å². The zero-order valence-corrected chi connectivity index (χ0v) is 23.0. The smallest absolute Gasteiger partial charge is 0.323 e. The molecule has 0 aromatic heterocycles. The van der Waals surface area contributed by atoms with Crippen LogP contribution in [0, 0.1) is 5.92 Å². The van der Waals surface area contributed by atoms with E-state index in [4.69, 9.17) is 4.74 Å². The minimum absolute atomic E-state index is 0.0716. The number of carboxylic acids is 2. The number of likely N-dealkylation sites (tertiary alicyclic amines) is 1. The summed E-state index contributed by atoms with van der Waals surface area (Å²) < 4.78 is 5.76. The molecule has 0 saturated carbocycles. The number of nitrogens with one attached hydrogen (secondary N) is 1. The lowest BCUT2D eigenvalue weighted by atomic mass is 9.90. The van der Waals surface area contributed by atoms with Gasteiger partial charge in [-0.05, 0) is 75.4 Å². The van der Waals surface area contributed by atoms with Crippen LogP contribution in [0.3, 0.4) is 0 Å². The monoisotopic (exact) mass is 551 g/mol. The fraction of sp³-hybridized carbons (Fsp3) is 0.516. The molecule has 9 heteroatoms. The van der Waals surface area contributed by atoms with Crippen LogP contribution in [0.1, 0.15) is 50.5 Å². The number of unbranched alkanes of at least 4 members (excludes halogenated alkanes) is 3. The predicted octanol–water partition coefficient (Wildman–Crippen LogP) is 3.81. The van der Waals surface area contributed by atoms with Crippen LogP contribution in [-0.4, -0.2) is 77.8 Å². The topological polar surface area (TPSA) is 119 Å². The molecule has 216 valence electrons. The number of hydrogen-bond acceptors (Lipinski definition) is 6. The number of ether oxygens (including phenoxy) is 1. The minimum atomic E-state index is -1.16. The number of rotatable bonds is 14. The third-order valence-corrected chi connectivity index (χ3v) is 7.91. The second kappa shape index (κ2) is 14.8. The van der Waals surface area contributed by atoms with E-state index >= 15 is 0 Å². The number of aliphatic carboxylic acids is 2. The van der Waals surface area contributed by atoms with Crippen molar-refractivity contribution >= 4 is 23.5 Å². The van der Waals surface area contributed by atoms with Crippen molar-refractivity contribution in [3.8, 4) is 5.75 Å². The van der Waals surface area contributed by atoms with Crippen molar-refractivity contribution < 1.29 is 29.3 Å². The summed E-state index contributed by atoms with van der Waals surface area (Å²) in [6.07, 6.45) is 7.78. The third-order valence-electron chi connectivity index (χ3n) is 7.91. The Balaban J connectivity index is 1.17. The molecule has 0 aliphatic carbocycles. The lowest BCUT2D eigenvalue weighted by molar-refractivity contribution is -0.141. The number of carbonyl (C=O) groups excluding carboxylic acids is 1. The molecule has 1 unspecified atom stereocenters. The van der Waals surface area contributed by atoms with E-state index in [0.29, 0.717) is 17.9 Å². The first-order chi connectivity index (χ1) is 19.4. The highest BCUT2D eigenvalue weighted by atomic mass is 16.5. The first kappa shape index (κ1) is 29.6. The summed E-state index contributed by atoms with van der Waals surface area (Å²) in [4.78, 5) is 40.3. The maximum Gasteiger partial charge on any atom is 0.323 e. The number of para-hydroxylation sites is 2.